The first kappa shape index (κ1) is 21.3. The predicted molar refractivity (Wildman–Crippen MR) is 130 cm³/mol. The first-order chi connectivity index (χ1) is 16.1. The van der Waals surface area contributed by atoms with Crippen LogP contribution in [0.5, 0.6) is 11.6 Å². The zero-order valence-electron chi connectivity index (χ0n) is 18.9. The van der Waals surface area contributed by atoms with Gasteiger partial charge in [0.25, 0.3) is 0 Å². The molecule has 1 aromatic heterocycles. The van der Waals surface area contributed by atoms with Gasteiger partial charge in [0.15, 0.2) is 0 Å². The fourth-order valence-corrected chi connectivity index (χ4v) is 4.35. The number of benzene rings is 2. The van der Waals surface area contributed by atoms with Gasteiger partial charge in [-0.15, -0.1) is 0 Å². The molecule has 0 radical (unpaired) electrons. The van der Waals surface area contributed by atoms with Gasteiger partial charge >= 0.3 is 6.03 Å². The SMILES string of the molecule is Cc1ccc(Oc2cccc(C=C3CCN(C(=O)NC4C[C@@H]4c4ccccc4)CC3)c2)nc1. The highest BCUT2D eigenvalue weighted by atomic mass is 16.5. The lowest BCUT2D eigenvalue weighted by molar-refractivity contribution is 0.193. The van der Waals surface area contributed by atoms with Crippen molar-refractivity contribution in [3.8, 4) is 11.6 Å². The van der Waals surface area contributed by atoms with E-state index in [9.17, 15) is 4.79 Å². The number of ether oxygens (including phenoxy) is 1. The molecule has 5 nitrogen and oxygen atoms in total. The number of urea groups is 1. The van der Waals surface area contributed by atoms with E-state index in [2.05, 4.69) is 46.7 Å². The number of hydrogen-bond donors (Lipinski definition) is 1. The molecule has 1 saturated heterocycles. The molecule has 2 aromatic carbocycles. The van der Waals surface area contributed by atoms with Crippen molar-refractivity contribution in [1.82, 2.24) is 15.2 Å². The van der Waals surface area contributed by atoms with Crippen LogP contribution in [0.1, 0.15) is 41.9 Å². The smallest absolute Gasteiger partial charge is 0.317 e. The van der Waals surface area contributed by atoms with E-state index in [1.54, 1.807) is 6.20 Å². The normalized spacial score (nSPS) is 19.7. The first-order valence-corrected chi connectivity index (χ1v) is 11.6. The van der Waals surface area contributed by atoms with Crippen LogP contribution in [0, 0.1) is 6.92 Å². The summed E-state index contributed by atoms with van der Waals surface area (Å²) in [6.07, 6.45) is 6.84. The number of rotatable bonds is 5. The minimum absolute atomic E-state index is 0.0680. The summed E-state index contributed by atoms with van der Waals surface area (Å²) in [6.45, 7) is 3.51. The van der Waals surface area contributed by atoms with Crippen LogP contribution in [-0.2, 0) is 0 Å². The molecule has 1 saturated carbocycles. The van der Waals surface area contributed by atoms with E-state index in [0.717, 1.165) is 49.2 Å². The van der Waals surface area contributed by atoms with Crippen molar-refractivity contribution in [1.29, 1.82) is 0 Å². The predicted octanol–water partition coefficient (Wildman–Crippen LogP) is 5.93. The van der Waals surface area contributed by atoms with Crippen LogP contribution in [-0.4, -0.2) is 35.0 Å². The molecule has 3 aromatic rings. The first-order valence-electron chi connectivity index (χ1n) is 11.6. The van der Waals surface area contributed by atoms with Gasteiger partial charge in [-0.3, -0.25) is 0 Å². The maximum Gasteiger partial charge on any atom is 0.317 e. The van der Waals surface area contributed by atoms with Gasteiger partial charge in [0.1, 0.15) is 5.75 Å². The number of aromatic nitrogens is 1. The molecule has 5 heteroatoms. The van der Waals surface area contributed by atoms with Crippen LogP contribution in [0.3, 0.4) is 0 Å². The second-order valence-corrected chi connectivity index (χ2v) is 8.95. The number of nitrogens with one attached hydrogen (secondary N) is 1. The van der Waals surface area contributed by atoms with Crippen molar-refractivity contribution in [2.75, 3.05) is 13.1 Å². The number of likely N-dealkylation sites (tertiary alicyclic amines) is 1. The van der Waals surface area contributed by atoms with Crippen LogP contribution in [0.4, 0.5) is 4.79 Å². The quantitative estimate of drug-likeness (QED) is 0.536. The van der Waals surface area contributed by atoms with Gasteiger partial charge in [-0.1, -0.05) is 60.2 Å². The van der Waals surface area contributed by atoms with Crippen LogP contribution < -0.4 is 10.1 Å². The Morgan fingerprint density at radius 2 is 1.88 bits per heavy atom. The maximum absolute atomic E-state index is 12.7. The zero-order valence-corrected chi connectivity index (χ0v) is 18.9. The van der Waals surface area contributed by atoms with Crippen LogP contribution in [0.25, 0.3) is 6.08 Å². The van der Waals surface area contributed by atoms with Crippen molar-refractivity contribution < 1.29 is 9.53 Å². The summed E-state index contributed by atoms with van der Waals surface area (Å²) in [4.78, 5) is 19.0. The number of nitrogens with zero attached hydrogens (tertiary/aromatic N) is 2. The highest BCUT2D eigenvalue weighted by molar-refractivity contribution is 5.75. The lowest BCUT2D eigenvalue weighted by atomic mass is 10.0. The Labute approximate surface area is 195 Å². The molecular weight excluding hydrogens is 410 g/mol. The number of carbonyl (C=O) groups is 1. The fourth-order valence-electron chi connectivity index (χ4n) is 4.35. The van der Waals surface area contributed by atoms with E-state index in [-0.39, 0.29) is 12.1 Å². The molecule has 5 rings (SSSR count). The van der Waals surface area contributed by atoms with Gasteiger partial charge < -0.3 is 15.0 Å². The van der Waals surface area contributed by atoms with E-state index in [0.29, 0.717) is 11.8 Å². The van der Waals surface area contributed by atoms with Crippen molar-refractivity contribution in [2.24, 2.45) is 0 Å². The summed E-state index contributed by atoms with van der Waals surface area (Å²) in [5.41, 5.74) is 4.89. The van der Waals surface area contributed by atoms with E-state index < -0.39 is 0 Å². The number of carbonyl (C=O) groups excluding carboxylic acids is 1. The summed E-state index contributed by atoms with van der Waals surface area (Å²) >= 11 is 0. The summed E-state index contributed by atoms with van der Waals surface area (Å²) in [5.74, 6) is 1.82. The van der Waals surface area contributed by atoms with Crippen LogP contribution in [0.15, 0.2) is 78.5 Å². The lowest BCUT2D eigenvalue weighted by Gasteiger charge is -2.28. The number of hydrogen-bond acceptors (Lipinski definition) is 3. The van der Waals surface area contributed by atoms with E-state index in [1.807, 2.05) is 48.2 Å². The molecule has 2 aliphatic rings. The van der Waals surface area contributed by atoms with Crippen molar-refractivity contribution in [3.05, 3.63) is 95.2 Å². The molecule has 168 valence electrons. The third-order valence-electron chi connectivity index (χ3n) is 6.36. The molecule has 0 bridgehead atoms. The lowest BCUT2D eigenvalue weighted by Crippen LogP contribution is -2.44. The standard InChI is InChI=1S/C28H29N3O2/c1-20-10-11-27(29-19-20)33-24-9-5-6-22(17-24)16-21-12-14-31(15-13-21)28(32)30-26-18-25(26)23-7-3-2-4-8-23/h2-11,16-17,19,25-26H,12-15,18H2,1H3,(H,30,32)/t25-,26?/m1/s1. The van der Waals surface area contributed by atoms with Gasteiger partial charge in [-0.05, 0) is 55.0 Å². The summed E-state index contributed by atoms with van der Waals surface area (Å²) in [6, 6.07) is 22.7. The molecule has 2 heterocycles. The topological polar surface area (TPSA) is 54.5 Å². The third kappa shape index (κ3) is 5.43. The molecule has 33 heavy (non-hydrogen) atoms. The number of pyridine rings is 1. The second kappa shape index (κ2) is 9.49. The number of aryl methyl sites for hydroxylation is 1. The molecule has 1 unspecified atom stereocenters. The highest BCUT2D eigenvalue weighted by Gasteiger charge is 2.40. The van der Waals surface area contributed by atoms with Crippen LogP contribution in [0.2, 0.25) is 0 Å². The minimum Gasteiger partial charge on any atom is -0.439 e. The Morgan fingerprint density at radius 1 is 1.06 bits per heavy atom. The Morgan fingerprint density at radius 3 is 2.64 bits per heavy atom. The summed E-state index contributed by atoms with van der Waals surface area (Å²) < 4.78 is 5.89. The van der Waals surface area contributed by atoms with Gasteiger partial charge in [0, 0.05) is 37.3 Å². The Kier molecular flexibility index (Phi) is 6.11. The molecule has 1 aliphatic carbocycles. The fraction of sp³-hybridized carbons (Fsp3) is 0.286. The summed E-state index contributed by atoms with van der Waals surface area (Å²) in [7, 11) is 0. The molecule has 2 atom stereocenters. The molecule has 2 amide bonds. The Balaban J connectivity index is 1.13. The summed E-state index contributed by atoms with van der Waals surface area (Å²) in [5, 5.41) is 3.22. The largest absolute Gasteiger partial charge is 0.439 e. The molecule has 0 spiro atoms. The van der Waals surface area contributed by atoms with E-state index >= 15 is 0 Å². The van der Waals surface area contributed by atoms with Gasteiger partial charge in [0.05, 0.1) is 0 Å². The number of amides is 2. The average molecular weight is 440 g/mol. The van der Waals surface area contributed by atoms with Gasteiger partial charge in [-0.25, -0.2) is 9.78 Å². The van der Waals surface area contributed by atoms with E-state index in [4.69, 9.17) is 4.74 Å². The maximum atomic E-state index is 12.7. The number of piperidine rings is 1. The Hall–Kier alpha value is -3.60. The Bertz CT molecular complexity index is 1130. The van der Waals surface area contributed by atoms with Crippen molar-refractivity contribution in [2.45, 2.75) is 38.1 Å². The minimum atomic E-state index is 0.0680. The highest BCUT2D eigenvalue weighted by Crippen LogP contribution is 2.40. The van der Waals surface area contributed by atoms with Gasteiger partial charge in [0.2, 0.25) is 5.88 Å². The second-order valence-electron chi connectivity index (χ2n) is 8.95. The third-order valence-corrected chi connectivity index (χ3v) is 6.36. The molecule has 1 aliphatic heterocycles. The zero-order chi connectivity index (χ0) is 22.6. The van der Waals surface area contributed by atoms with Gasteiger partial charge in [-0.2, -0.15) is 0 Å². The average Bonchev–Trinajstić information content (AvgIpc) is 3.61. The van der Waals surface area contributed by atoms with Crippen LogP contribution >= 0.6 is 0 Å². The molecular formula is C28H29N3O2. The monoisotopic (exact) mass is 439 g/mol. The molecule has 2 fully saturated rings. The molecule has 1 N–H and O–H groups in total. The van der Waals surface area contributed by atoms with Crippen molar-refractivity contribution in [3.63, 3.8) is 0 Å². The van der Waals surface area contributed by atoms with Crippen molar-refractivity contribution >= 4 is 12.1 Å². The van der Waals surface area contributed by atoms with E-state index in [1.165, 1.54) is 11.1 Å².